The Labute approximate surface area is 133 Å². The lowest BCUT2D eigenvalue weighted by atomic mass is 9.96. The molecule has 0 aliphatic heterocycles. The van der Waals surface area contributed by atoms with Crippen LogP contribution in [-0.2, 0) is 9.59 Å². The molecule has 1 aromatic rings. The first-order chi connectivity index (χ1) is 10.9. The number of benzene rings is 1. The van der Waals surface area contributed by atoms with Crippen molar-refractivity contribution in [2.75, 3.05) is 0 Å². The highest BCUT2D eigenvalue weighted by Gasteiger charge is 2.40. The first kappa shape index (κ1) is 16.9. The van der Waals surface area contributed by atoms with Crippen LogP contribution in [0.5, 0.6) is 0 Å². The van der Waals surface area contributed by atoms with E-state index in [1.807, 2.05) is 6.92 Å². The van der Waals surface area contributed by atoms with Crippen molar-refractivity contribution in [2.24, 2.45) is 11.8 Å². The van der Waals surface area contributed by atoms with Crippen LogP contribution in [0.4, 0.5) is 0 Å². The molecule has 1 aromatic carbocycles. The summed E-state index contributed by atoms with van der Waals surface area (Å²) in [5, 5.41) is 11.6. The predicted octanol–water partition coefficient (Wildman–Crippen LogP) is 1.69. The number of fused-ring (bicyclic) bond motifs is 1. The van der Waals surface area contributed by atoms with Gasteiger partial charge in [-0.1, -0.05) is 44.5 Å². The Hall–Kier alpha value is -2.50. The van der Waals surface area contributed by atoms with Crippen LogP contribution < -0.4 is 5.32 Å². The summed E-state index contributed by atoms with van der Waals surface area (Å²) in [6, 6.07) is 5.42. The standard InChI is InChI=1S/C17H19NO5/c1-3-9(2)14(17(22)23)18-13(19)8-12-15(20)10-6-4-5-7-11(10)16(12)21/h4-7,9,12,14H,3,8H2,1-2H3,(H,18,19)(H,22,23)/t9-,14+/m1/s1. The van der Waals surface area contributed by atoms with Gasteiger partial charge in [0.25, 0.3) is 0 Å². The number of hydrogen-bond donors (Lipinski definition) is 2. The quantitative estimate of drug-likeness (QED) is 0.778. The zero-order valence-electron chi connectivity index (χ0n) is 13.0. The van der Waals surface area contributed by atoms with Crippen LogP contribution >= 0.6 is 0 Å². The number of rotatable bonds is 6. The summed E-state index contributed by atoms with van der Waals surface area (Å²) in [4.78, 5) is 47.8. The fourth-order valence-electron chi connectivity index (χ4n) is 2.69. The first-order valence-electron chi connectivity index (χ1n) is 7.56. The lowest BCUT2D eigenvalue weighted by molar-refractivity contribution is -0.143. The van der Waals surface area contributed by atoms with Gasteiger partial charge in [0.05, 0.1) is 5.92 Å². The van der Waals surface area contributed by atoms with E-state index in [9.17, 15) is 24.3 Å². The van der Waals surface area contributed by atoms with Crippen molar-refractivity contribution < 1.29 is 24.3 Å². The number of aliphatic carboxylic acids is 1. The van der Waals surface area contributed by atoms with Gasteiger partial charge in [0, 0.05) is 17.5 Å². The minimum absolute atomic E-state index is 0.247. The molecule has 0 saturated carbocycles. The molecule has 0 bridgehead atoms. The number of carbonyl (C=O) groups is 4. The summed E-state index contributed by atoms with van der Waals surface area (Å²) < 4.78 is 0. The highest BCUT2D eigenvalue weighted by atomic mass is 16.4. The number of carbonyl (C=O) groups excluding carboxylic acids is 3. The maximum absolute atomic E-state index is 12.2. The Kier molecular flexibility index (Phi) is 4.93. The van der Waals surface area contributed by atoms with Gasteiger partial charge in [-0.2, -0.15) is 0 Å². The third-order valence-corrected chi connectivity index (χ3v) is 4.28. The zero-order valence-corrected chi connectivity index (χ0v) is 13.0. The van der Waals surface area contributed by atoms with E-state index in [-0.39, 0.29) is 23.9 Å². The number of nitrogens with one attached hydrogen (secondary N) is 1. The highest BCUT2D eigenvalue weighted by molar-refractivity contribution is 6.27. The van der Waals surface area contributed by atoms with Gasteiger partial charge in [-0.15, -0.1) is 0 Å². The fraction of sp³-hybridized carbons (Fsp3) is 0.412. The van der Waals surface area contributed by atoms with Crippen molar-refractivity contribution in [3.63, 3.8) is 0 Å². The predicted molar refractivity (Wildman–Crippen MR) is 82.2 cm³/mol. The summed E-state index contributed by atoms with van der Waals surface area (Å²) in [6.07, 6.45) is 0.260. The molecular formula is C17H19NO5. The topological polar surface area (TPSA) is 101 Å². The van der Waals surface area contributed by atoms with Crippen LogP contribution in [0.3, 0.4) is 0 Å². The first-order valence-corrected chi connectivity index (χ1v) is 7.56. The van der Waals surface area contributed by atoms with E-state index in [4.69, 9.17) is 0 Å². The summed E-state index contributed by atoms with van der Waals surface area (Å²) >= 11 is 0. The molecule has 1 amide bonds. The van der Waals surface area contributed by atoms with E-state index < -0.39 is 23.8 Å². The number of hydrogen-bond acceptors (Lipinski definition) is 4. The number of Topliss-reactive ketones (excluding diaryl/α,β-unsaturated/α-hetero) is 2. The van der Waals surface area contributed by atoms with Gasteiger partial charge in [0.1, 0.15) is 6.04 Å². The highest BCUT2D eigenvalue weighted by Crippen LogP contribution is 2.28. The Morgan fingerprint density at radius 2 is 1.70 bits per heavy atom. The van der Waals surface area contributed by atoms with Crippen molar-refractivity contribution in [2.45, 2.75) is 32.7 Å². The number of carboxylic acids is 1. The van der Waals surface area contributed by atoms with Crippen LogP contribution in [0.2, 0.25) is 0 Å². The molecule has 0 heterocycles. The lowest BCUT2D eigenvalue weighted by Gasteiger charge is -2.20. The van der Waals surface area contributed by atoms with Gasteiger partial charge < -0.3 is 10.4 Å². The van der Waals surface area contributed by atoms with E-state index in [1.165, 1.54) is 0 Å². The zero-order chi connectivity index (χ0) is 17.1. The van der Waals surface area contributed by atoms with Crippen molar-refractivity contribution in [1.29, 1.82) is 0 Å². The molecule has 6 heteroatoms. The molecular weight excluding hydrogens is 298 g/mol. The van der Waals surface area contributed by atoms with E-state index in [0.29, 0.717) is 17.5 Å². The molecule has 2 N–H and O–H groups in total. The summed E-state index contributed by atoms with van der Waals surface area (Å²) in [5.41, 5.74) is 0.652. The molecule has 2 rings (SSSR count). The van der Waals surface area contributed by atoms with Crippen LogP contribution in [0.1, 0.15) is 47.4 Å². The maximum Gasteiger partial charge on any atom is 0.326 e. The second-order valence-electron chi connectivity index (χ2n) is 5.80. The summed E-state index contributed by atoms with van der Waals surface area (Å²) in [5.74, 6) is -3.79. The van der Waals surface area contributed by atoms with Crippen molar-refractivity contribution in [3.8, 4) is 0 Å². The van der Waals surface area contributed by atoms with Crippen molar-refractivity contribution in [3.05, 3.63) is 35.4 Å². The van der Waals surface area contributed by atoms with Gasteiger partial charge in [-0.05, 0) is 5.92 Å². The molecule has 1 aliphatic carbocycles. The molecule has 1 aliphatic rings. The van der Waals surface area contributed by atoms with Crippen molar-refractivity contribution in [1.82, 2.24) is 5.32 Å². The maximum atomic E-state index is 12.2. The molecule has 0 radical (unpaired) electrons. The second-order valence-corrected chi connectivity index (χ2v) is 5.80. The third-order valence-electron chi connectivity index (χ3n) is 4.28. The van der Waals surface area contributed by atoms with Gasteiger partial charge in [0.15, 0.2) is 11.6 Å². The summed E-state index contributed by atoms with van der Waals surface area (Å²) in [7, 11) is 0. The number of ketones is 2. The minimum atomic E-state index is -1.12. The van der Waals surface area contributed by atoms with Crippen LogP contribution in [0.25, 0.3) is 0 Å². The Morgan fingerprint density at radius 3 is 2.13 bits per heavy atom. The monoisotopic (exact) mass is 317 g/mol. The average Bonchev–Trinajstić information content (AvgIpc) is 2.77. The molecule has 6 nitrogen and oxygen atoms in total. The SMILES string of the molecule is CC[C@@H](C)[C@H](NC(=O)CC1C(=O)c2ccccc2C1=O)C(=O)O. The molecule has 0 fully saturated rings. The fourth-order valence-corrected chi connectivity index (χ4v) is 2.69. The van der Waals surface area contributed by atoms with E-state index in [2.05, 4.69) is 5.32 Å². The molecule has 23 heavy (non-hydrogen) atoms. The minimum Gasteiger partial charge on any atom is -0.480 e. The van der Waals surface area contributed by atoms with Crippen LogP contribution in [0.15, 0.2) is 24.3 Å². The van der Waals surface area contributed by atoms with E-state index in [0.717, 1.165) is 0 Å². The van der Waals surface area contributed by atoms with Crippen LogP contribution in [0, 0.1) is 11.8 Å². The number of amides is 1. The largest absolute Gasteiger partial charge is 0.480 e. The van der Waals surface area contributed by atoms with E-state index in [1.54, 1.807) is 31.2 Å². The molecule has 0 spiro atoms. The van der Waals surface area contributed by atoms with Gasteiger partial charge in [-0.3, -0.25) is 14.4 Å². The smallest absolute Gasteiger partial charge is 0.326 e. The molecule has 0 aromatic heterocycles. The van der Waals surface area contributed by atoms with Gasteiger partial charge in [0.2, 0.25) is 5.91 Å². The van der Waals surface area contributed by atoms with E-state index >= 15 is 0 Å². The normalized spacial score (nSPS) is 16.8. The number of carboxylic acid groups (broad SMARTS) is 1. The van der Waals surface area contributed by atoms with Crippen molar-refractivity contribution >= 4 is 23.4 Å². The lowest BCUT2D eigenvalue weighted by Crippen LogP contribution is -2.45. The second kappa shape index (κ2) is 6.73. The Bertz CT molecular complexity index is 632. The third kappa shape index (κ3) is 3.31. The van der Waals surface area contributed by atoms with Gasteiger partial charge >= 0.3 is 5.97 Å². The Morgan fingerprint density at radius 1 is 1.17 bits per heavy atom. The molecule has 0 unspecified atom stereocenters. The average molecular weight is 317 g/mol. The molecule has 122 valence electrons. The van der Waals surface area contributed by atoms with Gasteiger partial charge in [-0.25, -0.2) is 4.79 Å². The molecule has 2 atom stereocenters. The Balaban J connectivity index is 2.08. The van der Waals surface area contributed by atoms with Crippen LogP contribution in [-0.4, -0.2) is 34.6 Å². The summed E-state index contributed by atoms with van der Waals surface area (Å²) in [6.45, 7) is 3.55. The molecule has 0 saturated heterocycles.